The van der Waals surface area contributed by atoms with Crippen molar-refractivity contribution in [2.45, 2.75) is 43.7 Å². The lowest BCUT2D eigenvalue weighted by molar-refractivity contribution is 0.0997. The number of methoxy groups -OCH3 is 1. The number of aromatic nitrogens is 1. The number of thiazole rings is 1. The van der Waals surface area contributed by atoms with Gasteiger partial charge in [-0.1, -0.05) is 23.7 Å². The fourth-order valence-electron chi connectivity index (χ4n) is 4.00. The molecule has 3 aromatic rings. The number of carbonyl (C=O) groups excluding carboxylic acids is 1. The number of carbonyl (C=O) groups is 1. The molecule has 0 N–H and O–H groups in total. The van der Waals surface area contributed by atoms with Gasteiger partial charge in [0, 0.05) is 18.2 Å². The third kappa shape index (κ3) is 4.60. The lowest BCUT2D eigenvalue weighted by Gasteiger charge is -2.32. The lowest BCUT2D eigenvalue weighted by Crippen LogP contribution is -2.41. The average Bonchev–Trinajstić information content (AvgIpc) is 3.15. The molecule has 1 amide bonds. The van der Waals surface area contributed by atoms with Gasteiger partial charge < -0.3 is 9.30 Å². The summed E-state index contributed by atoms with van der Waals surface area (Å²) in [6, 6.07) is 11.5. The highest BCUT2D eigenvalue weighted by atomic mass is 32.2. The summed E-state index contributed by atoms with van der Waals surface area (Å²) in [6.07, 6.45) is 8.28. The number of sulfonamides is 1. The van der Waals surface area contributed by atoms with Crippen molar-refractivity contribution in [3.63, 3.8) is 0 Å². The molecule has 7 nitrogen and oxygen atoms in total. The number of ether oxygens (including phenoxy) is 1. The van der Waals surface area contributed by atoms with Gasteiger partial charge in [-0.2, -0.15) is 9.30 Å². The number of amides is 1. The molecule has 172 valence electrons. The van der Waals surface area contributed by atoms with Crippen LogP contribution in [-0.2, 0) is 16.6 Å². The summed E-state index contributed by atoms with van der Waals surface area (Å²) >= 11 is 1.34. The van der Waals surface area contributed by atoms with E-state index in [9.17, 15) is 13.2 Å². The third-order valence-corrected chi connectivity index (χ3v) is 8.86. The molecule has 4 rings (SSSR count). The monoisotopic (exact) mass is 483 g/mol. The van der Waals surface area contributed by atoms with E-state index in [2.05, 4.69) is 10.9 Å². The molecular weight excluding hydrogens is 458 g/mol. The quantitative estimate of drug-likeness (QED) is 0.519. The van der Waals surface area contributed by atoms with Crippen LogP contribution in [-0.4, -0.2) is 42.9 Å². The molecule has 0 aliphatic carbocycles. The van der Waals surface area contributed by atoms with Gasteiger partial charge in [-0.05, 0) is 62.2 Å². The molecule has 1 fully saturated rings. The molecule has 2 heterocycles. The van der Waals surface area contributed by atoms with Crippen molar-refractivity contribution in [1.82, 2.24) is 8.87 Å². The van der Waals surface area contributed by atoms with Crippen LogP contribution in [0.1, 0.15) is 36.5 Å². The van der Waals surface area contributed by atoms with E-state index in [1.54, 1.807) is 16.0 Å². The normalized spacial score (nSPS) is 17.7. The molecular formula is C24H25N3O4S2. The van der Waals surface area contributed by atoms with E-state index in [0.717, 1.165) is 29.5 Å². The Bertz CT molecular complexity index is 1400. The van der Waals surface area contributed by atoms with E-state index in [0.29, 0.717) is 22.7 Å². The van der Waals surface area contributed by atoms with E-state index < -0.39 is 15.9 Å². The van der Waals surface area contributed by atoms with Crippen LogP contribution in [0.4, 0.5) is 0 Å². The number of piperidine rings is 1. The highest BCUT2D eigenvalue weighted by Gasteiger charge is 2.30. The zero-order chi connectivity index (χ0) is 23.6. The number of fused-ring (bicyclic) bond motifs is 1. The molecule has 1 unspecified atom stereocenters. The standard InChI is InChI=1S/C24H25N3O4S2/c1-4-14-26-21-13-10-19(31-3)16-22(21)32-24(26)25-23(28)18-8-11-20(12-9-18)33(29,30)27-15-6-5-7-17(27)2/h1,8-13,16-17H,5-7,14-15H2,2-3H3. The number of nitrogens with zero attached hydrogens (tertiary/aromatic N) is 3. The Kier molecular flexibility index (Phi) is 6.70. The molecule has 0 radical (unpaired) electrons. The molecule has 1 aliphatic rings. The number of benzene rings is 2. The minimum absolute atomic E-state index is 0.0294. The highest BCUT2D eigenvalue weighted by molar-refractivity contribution is 7.89. The molecule has 33 heavy (non-hydrogen) atoms. The number of terminal acetylenes is 1. The summed E-state index contributed by atoms with van der Waals surface area (Å²) in [7, 11) is -2.00. The van der Waals surface area contributed by atoms with Crippen molar-refractivity contribution in [2.24, 2.45) is 4.99 Å². The van der Waals surface area contributed by atoms with Gasteiger partial charge in [-0.3, -0.25) is 4.79 Å². The topological polar surface area (TPSA) is 81.0 Å². The molecule has 1 saturated heterocycles. The second-order valence-corrected chi connectivity index (χ2v) is 10.8. The van der Waals surface area contributed by atoms with Crippen LogP contribution in [0.15, 0.2) is 52.4 Å². The molecule has 1 aromatic heterocycles. The fraction of sp³-hybridized carbons (Fsp3) is 0.333. The van der Waals surface area contributed by atoms with Crippen LogP contribution in [0.2, 0.25) is 0 Å². The molecule has 9 heteroatoms. The minimum Gasteiger partial charge on any atom is -0.497 e. The minimum atomic E-state index is -3.60. The van der Waals surface area contributed by atoms with E-state index in [1.807, 2.05) is 25.1 Å². The summed E-state index contributed by atoms with van der Waals surface area (Å²) in [5, 5.41) is 0. The van der Waals surface area contributed by atoms with Gasteiger partial charge in [0.2, 0.25) is 10.0 Å². The molecule has 2 aromatic carbocycles. The number of rotatable bonds is 5. The van der Waals surface area contributed by atoms with Gasteiger partial charge in [0.25, 0.3) is 5.91 Å². The predicted octanol–water partition coefficient (Wildman–Crippen LogP) is 3.65. The van der Waals surface area contributed by atoms with Gasteiger partial charge in [-0.15, -0.1) is 6.42 Å². The van der Waals surface area contributed by atoms with Crippen LogP contribution < -0.4 is 9.54 Å². The first-order valence-electron chi connectivity index (χ1n) is 10.7. The Balaban J connectivity index is 1.66. The Labute approximate surface area is 197 Å². The van der Waals surface area contributed by atoms with Gasteiger partial charge in [0.05, 0.1) is 28.8 Å². The van der Waals surface area contributed by atoms with E-state index in [4.69, 9.17) is 11.2 Å². The summed E-state index contributed by atoms with van der Waals surface area (Å²) in [5.74, 6) is 2.84. The van der Waals surface area contributed by atoms with Crippen LogP contribution >= 0.6 is 11.3 Å². The Hall–Kier alpha value is -2.93. The van der Waals surface area contributed by atoms with Gasteiger partial charge in [0.1, 0.15) is 5.75 Å². The number of hydrogen-bond donors (Lipinski definition) is 0. The van der Waals surface area contributed by atoms with Crippen LogP contribution in [0.5, 0.6) is 5.75 Å². The molecule has 1 atom stereocenters. The Morgan fingerprint density at radius 3 is 2.67 bits per heavy atom. The first-order chi connectivity index (χ1) is 15.8. The molecule has 0 saturated carbocycles. The zero-order valence-electron chi connectivity index (χ0n) is 18.5. The summed E-state index contributed by atoms with van der Waals surface area (Å²) in [4.78, 5) is 17.8. The predicted molar refractivity (Wildman–Crippen MR) is 129 cm³/mol. The van der Waals surface area contributed by atoms with E-state index in [1.165, 1.54) is 35.6 Å². The van der Waals surface area contributed by atoms with Gasteiger partial charge >= 0.3 is 0 Å². The first-order valence-corrected chi connectivity index (χ1v) is 12.9. The lowest BCUT2D eigenvalue weighted by atomic mass is 10.1. The zero-order valence-corrected chi connectivity index (χ0v) is 20.2. The second kappa shape index (κ2) is 9.51. The maximum Gasteiger partial charge on any atom is 0.279 e. The SMILES string of the molecule is C#CCn1c(=NC(=O)c2ccc(S(=O)(=O)N3CCCCC3C)cc2)sc2cc(OC)ccc21. The first kappa shape index (κ1) is 23.2. The van der Waals surface area contributed by atoms with E-state index in [-0.39, 0.29) is 17.5 Å². The Morgan fingerprint density at radius 1 is 1.24 bits per heavy atom. The van der Waals surface area contributed by atoms with Gasteiger partial charge in [-0.25, -0.2) is 8.42 Å². The van der Waals surface area contributed by atoms with Crippen LogP contribution in [0.25, 0.3) is 10.2 Å². The van der Waals surface area contributed by atoms with Crippen molar-refractivity contribution in [3.8, 4) is 18.1 Å². The smallest absolute Gasteiger partial charge is 0.279 e. The maximum absolute atomic E-state index is 13.0. The number of hydrogen-bond acceptors (Lipinski definition) is 5. The van der Waals surface area contributed by atoms with Crippen LogP contribution in [0.3, 0.4) is 0 Å². The third-order valence-electron chi connectivity index (χ3n) is 5.79. The summed E-state index contributed by atoms with van der Waals surface area (Å²) in [5.41, 5.74) is 1.17. The van der Waals surface area contributed by atoms with Crippen molar-refractivity contribution in [3.05, 3.63) is 52.8 Å². The Morgan fingerprint density at radius 2 is 2.00 bits per heavy atom. The van der Waals surface area contributed by atoms with Crippen molar-refractivity contribution < 1.29 is 17.9 Å². The summed E-state index contributed by atoms with van der Waals surface area (Å²) in [6.45, 7) is 2.72. The largest absolute Gasteiger partial charge is 0.497 e. The van der Waals surface area contributed by atoms with Gasteiger partial charge in [0.15, 0.2) is 4.80 Å². The van der Waals surface area contributed by atoms with Crippen molar-refractivity contribution in [1.29, 1.82) is 0 Å². The maximum atomic E-state index is 13.0. The summed E-state index contributed by atoms with van der Waals surface area (Å²) < 4.78 is 35.6. The van der Waals surface area contributed by atoms with Crippen LogP contribution in [0, 0.1) is 12.3 Å². The van der Waals surface area contributed by atoms with Crippen molar-refractivity contribution in [2.75, 3.05) is 13.7 Å². The molecule has 1 aliphatic heterocycles. The average molecular weight is 484 g/mol. The second-order valence-electron chi connectivity index (χ2n) is 7.91. The highest BCUT2D eigenvalue weighted by Crippen LogP contribution is 2.26. The van der Waals surface area contributed by atoms with E-state index >= 15 is 0 Å². The molecule has 0 bridgehead atoms. The molecule has 0 spiro atoms. The van der Waals surface area contributed by atoms with Crippen molar-refractivity contribution >= 4 is 37.5 Å². The fourth-order valence-corrected chi connectivity index (χ4v) is 6.75.